The van der Waals surface area contributed by atoms with Gasteiger partial charge in [-0.25, -0.2) is 4.98 Å². The number of benzene rings is 2. The molecule has 0 fully saturated rings. The van der Waals surface area contributed by atoms with Crippen LogP contribution in [0.2, 0.25) is 0 Å². The van der Waals surface area contributed by atoms with Gasteiger partial charge in [0.05, 0.1) is 34.0 Å². The molecule has 1 aliphatic heterocycles. The van der Waals surface area contributed by atoms with Crippen LogP contribution in [0.1, 0.15) is 11.1 Å². The standard InChI is InChI=1S/C20H18F3N3OS2/c1-13-6-7-16-15(10-13)17(25-28-20(21,22)23)11-19(24-16)26-8-9-29(27)18-5-3-2-4-14(18)12-26/h2-7,10-11H,8-9,12H2,1H3,(H,24,25). The summed E-state index contributed by atoms with van der Waals surface area (Å²) in [5.74, 6) is 0.991. The lowest BCUT2D eigenvalue weighted by molar-refractivity contribution is -0.0323. The van der Waals surface area contributed by atoms with E-state index in [1.807, 2.05) is 54.3 Å². The minimum absolute atomic E-state index is 0.289. The minimum Gasteiger partial charge on any atom is -0.351 e. The molecule has 1 aliphatic rings. The van der Waals surface area contributed by atoms with Crippen molar-refractivity contribution in [2.75, 3.05) is 21.9 Å². The molecule has 1 aromatic heterocycles. The lowest BCUT2D eigenvalue weighted by Crippen LogP contribution is -2.25. The van der Waals surface area contributed by atoms with E-state index in [0.717, 1.165) is 16.0 Å². The maximum Gasteiger partial charge on any atom is 0.461 e. The second kappa shape index (κ2) is 7.87. The van der Waals surface area contributed by atoms with E-state index in [2.05, 4.69) is 9.71 Å². The van der Waals surface area contributed by atoms with Crippen LogP contribution in [0.3, 0.4) is 0 Å². The molecule has 1 unspecified atom stereocenters. The first kappa shape index (κ1) is 20.0. The summed E-state index contributed by atoms with van der Waals surface area (Å²) in [6.07, 6.45) is 0. The summed E-state index contributed by atoms with van der Waals surface area (Å²) in [7, 11) is -1.12. The summed E-state index contributed by atoms with van der Waals surface area (Å²) >= 11 is -0.289. The molecule has 0 bridgehead atoms. The van der Waals surface area contributed by atoms with Crippen LogP contribution in [-0.2, 0) is 17.3 Å². The highest BCUT2D eigenvalue weighted by molar-refractivity contribution is 8.01. The molecule has 0 saturated carbocycles. The number of fused-ring (bicyclic) bond motifs is 2. The lowest BCUT2D eigenvalue weighted by Gasteiger charge is -2.23. The quantitative estimate of drug-likeness (QED) is 0.567. The third-order valence-corrected chi connectivity index (χ3v) is 6.67. The molecule has 152 valence electrons. The topological polar surface area (TPSA) is 45.2 Å². The van der Waals surface area contributed by atoms with Gasteiger partial charge in [-0.1, -0.05) is 29.8 Å². The van der Waals surface area contributed by atoms with Crippen LogP contribution < -0.4 is 9.62 Å². The molecule has 0 radical (unpaired) electrons. The van der Waals surface area contributed by atoms with Gasteiger partial charge in [0.1, 0.15) is 5.82 Å². The van der Waals surface area contributed by atoms with E-state index in [9.17, 15) is 17.4 Å². The monoisotopic (exact) mass is 437 g/mol. The molecule has 2 aromatic carbocycles. The first-order chi connectivity index (χ1) is 13.8. The Bertz CT molecular complexity index is 1090. The summed E-state index contributed by atoms with van der Waals surface area (Å²) in [4.78, 5) is 7.45. The van der Waals surface area contributed by atoms with Crippen molar-refractivity contribution in [2.24, 2.45) is 0 Å². The number of hydrogen-bond donors (Lipinski definition) is 1. The first-order valence-electron chi connectivity index (χ1n) is 8.93. The van der Waals surface area contributed by atoms with Crippen molar-refractivity contribution in [2.45, 2.75) is 23.9 Å². The fourth-order valence-electron chi connectivity index (χ4n) is 3.32. The highest BCUT2D eigenvalue weighted by Crippen LogP contribution is 2.36. The average Bonchev–Trinajstić information content (AvgIpc) is 2.85. The van der Waals surface area contributed by atoms with Gasteiger partial charge in [0.25, 0.3) is 0 Å². The molecule has 1 N–H and O–H groups in total. The second-order valence-electron chi connectivity index (χ2n) is 6.78. The number of alkyl halides is 3. The molecule has 4 rings (SSSR count). The first-order valence-corrected chi connectivity index (χ1v) is 11.1. The summed E-state index contributed by atoms with van der Waals surface area (Å²) < 4.78 is 53.3. The number of rotatable bonds is 3. The third kappa shape index (κ3) is 4.51. The Morgan fingerprint density at radius 3 is 2.76 bits per heavy atom. The Balaban J connectivity index is 1.76. The number of anilines is 2. The third-order valence-electron chi connectivity index (χ3n) is 4.68. The Labute approximate surface area is 173 Å². The van der Waals surface area contributed by atoms with E-state index in [-0.39, 0.29) is 11.9 Å². The SMILES string of the molecule is Cc1ccc2nc(N3CCS(=O)c4ccccc4C3)cc(NSC(F)(F)F)c2c1. The van der Waals surface area contributed by atoms with Gasteiger partial charge in [0, 0.05) is 35.2 Å². The highest BCUT2D eigenvalue weighted by atomic mass is 32.2. The fraction of sp³-hybridized carbons (Fsp3) is 0.250. The van der Waals surface area contributed by atoms with Crippen molar-refractivity contribution in [1.82, 2.24) is 4.98 Å². The lowest BCUT2D eigenvalue weighted by atomic mass is 10.1. The van der Waals surface area contributed by atoms with Gasteiger partial charge < -0.3 is 9.62 Å². The zero-order valence-corrected chi connectivity index (χ0v) is 17.1. The van der Waals surface area contributed by atoms with Gasteiger partial charge in [0.2, 0.25) is 0 Å². The van der Waals surface area contributed by atoms with Crippen LogP contribution in [-0.4, -0.2) is 27.0 Å². The normalized spacial score (nSPS) is 17.1. The van der Waals surface area contributed by atoms with Gasteiger partial charge in [-0.05, 0) is 30.7 Å². The van der Waals surface area contributed by atoms with E-state index >= 15 is 0 Å². The number of nitrogens with one attached hydrogen (secondary N) is 1. The van der Waals surface area contributed by atoms with Crippen molar-refractivity contribution in [3.63, 3.8) is 0 Å². The summed E-state index contributed by atoms with van der Waals surface area (Å²) in [5, 5.41) is 0.629. The van der Waals surface area contributed by atoms with Crippen molar-refractivity contribution in [3.8, 4) is 0 Å². The molecule has 0 spiro atoms. The molecule has 2 heterocycles. The van der Waals surface area contributed by atoms with Crippen LogP contribution in [0, 0.1) is 6.92 Å². The van der Waals surface area contributed by atoms with Gasteiger partial charge >= 0.3 is 5.51 Å². The molecule has 0 saturated heterocycles. The predicted octanol–water partition coefficient (Wildman–Crippen LogP) is 5.25. The van der Waals surface area contributed by atoms with Crippen LogP contribution in [0.5, 0.6) is 0 Å². The van der Waals surface area contributed by atoms with Gasteiger partial charge in [-0.15, -0.1) is 0 Å². The van der Waals surface area contributed by atoms with E-state index in [1.54, 1.807) is 6.07 Å². The van der Waals surface area contributed by atoms with Crippen LogP contribution in [0.25, 0.3) is 10.9 Å². The van der Waals surface area contributed by atoms with Gasteiger partial charge in [-0.2, -0.15) is 13.2 Å². The molecule has 3 aromatic rings. The van der Waals surface area contributed by atoms with Crippen molar-refractivity contribution < 1.29 is 17.4 Å². The second-order valence-corrected chi connectivity index (χ2v) is 9.19. The number of hydrogen-bond acceptors (Lipinski definition) is 5. The fourth-order valence-corrected chi connectivity index (χ4v) is 4.98. The van der Waals surface area contributed by atoms with E-state index in [0.29, 0.717) is 41.3 Å². The molecular formula is C20H18F3N3OS2. The maximum atomic E-state index is 12.8. The molecule has 9 heteroatoms. The van der Waals surface area contributed by atoms with Crippen LogP contribution in [0.4, 0.5) is 24.7 Å². The van der Waals surface area contributed by atoms with Crippen LogP contribution >= 0.6 is 11.9 Å². The van der Waals surface area contributed by atoms with E-state index < -0.39 is 16.3 Å². The Kier molecular flexibility index (Phi) is 5.44. The Morgan fingerprint density at radius 2 is 1.97 bits per heavy atom. The zero-order chi connectivity index (χ0) is 20.6. The maximum absolute atomic E-state index is 12.8. The molecule has 0 amide bonds. The number of aromatic nitrogens is 1. The minimum atomic E-state index is -4.40. The number of pyridine rings is 1. The highest BCUT2D eigenvalue weighted by Gasteiger charge is 2.29. The van der Waals surface area contributed by atoms with Gasteiger partial charge in [0.15, 0.2) is 0 Å². The Morgan fingerprint density at radius 1 is 1.17 bits per heavy atom. The molecular weight excluding hydrogens is 419 g/mol. The number of aryl methyl sites for hydroxylation is 1. The predicted molar refractivity (Wildman–Crippen MR) is 113 cm³/mol. The average molecular weight is 438 g/mol. The van der Waals surface area contributed by atoms with Crippen molar-refractivity contribution >= 4 is 45.2 Å². The van der Waals surface area contributed by atoms with Crippen molar-refractivity contribution in [3.05, 3.63) is 59.7 Å². The molecule has 29 heavy (non-hydrogen) atoms. The summed E-state index contributed by atoms with van der Waals surface area (Å²) in [6.45, 7) is 2.88. The van der Waals surface area contributed by atoms with Crippen molar-refractivity contribution in [1.29, 1.82) is 0 Å². The van der Waals surface area contributed by atoms with Gasteiger partial charge in [-0.3, -0.25) is 4.21 Å². The summed E-state index contributed by atoms with van der Waals surface area (Å²) in [6, 6.07) is 14.7. The number of nitrogens with zero attached hydrogens (tertiary/aromatic N) is 2. The summed E-state index contributed by atoms with van der Waals surface area (Å²) in [5.41, 5.74) is -1.57. The zero-order valence-electron chi connectivity index (χ0n) is 15.5. The molecule has 1 atom stereocenters. The Hall–Kier alpha value is -2.26. The van der Waals surface area contributed by atoms with Crippen LogP contribution in [0.15, 0.2) is 53.4 Å². The largest absolute Gasteiger partial charge is 0.461 e. The molecule has 0 aliphatic carbocycles. The smallest absolute Gasteiger partial charge is 0.351 e. The van der Waals surface area contributed by atoms with E-state index in [4.69, 9.17) is 0 Å². The van der Waals surface area contributed by atoms with E-state index in [1.165, 1.54) is 0 Å². The number of halogens is 3. The molecule has 4 nitrogen and oxygen atoms in total.